The molecule has 9 heteroatoms. The lowest BCUT2D eigenvalue weighted by atomic mass is 10.0. The molecule has 0 aliphatic carbocycles. The topological polar surface area (TPSA) is 158 Å². The Morgan fingerprint density at radius 2 is 1.30 bits per heavy atom. The second-order valence-corrected chi connectivity index (χ2v) is 8.97. The van der Waals surface area contributed by atoms with Crippen molar-refractivity contribution in [3.8, 4) is 0 Å². The number of nitrogens with two attached hydrogens (primary N) is 1. The van der Waals surface area contributed by atoms with Gasteiger partial charge in [-0.2, -0.15) is 0 Å². The van der Waals surface area contributed by atoms with Gasteiger partial charge in [-0.3, -0.25) is 14.2 Å². The number of carbonyl (C=O) groups excluding carboxylic acids is 1. The lowest BCUT2D eigenvalue weighted by Crippen LogP contribution is -2.31. The first-order valence-corrected chi connectivity index (χ1v) is 11.5. The van der Waals surface area contributed by atoms with Gasteiger partial charge < -0.3 is 25.7 Å². The van der Waals surface area contributed by atoms with E-state index < -0.39 is 31.7 Å². The standard InChI is InChI=1S/C15H30O2.C3H8NO5P/c1-14(2)12-10-8-6-4-3-5-7-9-11-13-15(16)17;4-3(6)2(5)1-10(7,8)9/h14H,3-13H2,1-2H3,(H,16,17);2,5H,1H2,(H2,4,6)(H2,7,8,9). The van der Waals surface area contributed by atoms with Crippen LogP contribution in [0.5, 0.6) is 0 Å². The zero-order valence-corrected chi connectivity index (χ0v) is 17.6. The number of hydrogen-bond donors (Lipinski definition) is 5. The molecule has 162 valence electrons. The quantitative estimate of drug-likeness (QED) is 0.205. The van der Waals surface area contributed by atoms with E-state index in [1.54, 1.807) is 0 Å². The molecule has 1 unspecified atom stereocenters. The van der Waals surface area contributed by atoms with Crippen molar-refractivity contribution in [1.29, 1.82) is 0 Å². The fraction of sp³-hybridized carbons (Fsp3) is 0.889. The van der Waals surface area contributed by atoms with Crippen LogP contribution in [-0.2, 0) is 14.2 Å². The molecule has 8 nitrogen and oxygen atoms in total. The summed E-state index contributed by atoms with van der Waals surface area (Å²) in [4.78, 5) is 36.6. The number of carboxylic acid groups (broad SMARTS) is 1. The summed E-state index contributed by atoms with van der Waals surface area (Å²) < 4.78 is 10.1. The Morgan fingerprint density at radius 1 is 0.889 bits per heavy atom. The summed E-state index contributed by atoms with van der Waals surface area (Å²) in [7, 11) is -4.33. The zero-order valence-electron chi connectivity index (χ0n) is 16.7. The number of hydrogen-bond acceptors (Lipinski definition) is 4. The average Bonchev–Trinajstić information content (AvgIpc) is 2.51. The van der Waals surface area contributed by atoms with E-state index in [9.17, 15) is 14.2 Å². The van der Waals surface area contributed by atoms with Crippen LogP contribution in [0.2, 0.25) is 0 Å². The molecule has 0 aromatic heterocycles. The Bertz CT molecular complexity index is 437. The third kappa shape index (κ3) is 27.4. The molecule has 27 heavy (non-hydrogen) atoms. The molecule has 0 aliphatic heterocycles. The first-order chi connectivity index (χ1) is 12.5. The van der Waals surface area contributed by atoms with Crippen LogP contribution in [0.3, 0.4) is 0 Å². The van der Waals surface area contributed by atoms with Gasteiger partial charge in [-0.1, -0.05) is 71.6 Å². The molecule has 0 saturated carbocycles. The Kier molecular flexibility index (Phi) is 18.0. The van der Waals surface area contributed by atoms with E-state index >= 15 is 0 Å². The summed E-state index contributed by atoms with van der Waals surface area (Å²) in [5, 5.41) is 17.0. The van der Waals surface area contributed by atoms with Crippen molar-refractivity contribution in [3.63, 3.8) is 0 Å². The summed E-state index contributed by atoms with van der Waals surface area (Å²) in [6.07, 6.45) is 10.3. The summed E-state index contributed by atoms with van der Waals surface area (Å²) in [5.41, 5.74) is 4.51. The number of amides is 1. The third-order valence-corrected chi connectivity index (χ3v) is 4.73. The van der Waals surface area contributed by atoms with Gasteiger partial charge in [0.25, 0.3) is 0 Å². The van der Waals surface area contributed by atoms with Crippen LogP contribution < -0.4 is 5.73 Å². The highest BCUT2D eigenvalue weighted by molar-refractivity contribution is 7.51. The van der Waals surface area contributed by atoms with E-state index in [1.807, 2.05) is 0 Å². The van der Waals surface area contributed by atoms with E-state index in [-0.39, 0.29) is 0 Å². The van der Waals surface area contributed by atoms with Gasteiger partial charge in [0.1, 0.15) is 6.10 Å². The first kappa shape index (κ1) is 28.3. The third-order valence-electron chi connectivity index (χ3n) is 3.91. The summed E-state index contributed by atoms with van der Waals surface area (Å²) in [5.74, 6) is -0.942. The summed E-state index contributed by atoms with van der Waals surface area (Å²) >= 11 is 0. The van der Waals surface area contributed by atoms with Crippen molar-refractivity contribution in [1.82, 2.24) is 0 Å². The molecule has 6 N–H and O–H groups in total. The van der Waals surface area contributed by atoms with E-state index in [4.69, 9.17) is 20.0 Å². The van der Waals surface area contributed by atoms with Crippen LogP contribution in [0.15, 0.2) is 0 Å². The molecule has 0 rings (SSSR count). The molecule has 0 bridgehead atoms. The van der Waals surface area contributed by atoms with Crippen molar-refractivity contribution >= 4 is 19.5 Å². The molecule has 0 aromatic carbocycles. The van der Waals surface area contributed by atoms with Crippen LogP contribution in [0.25, 0.3) is 0 Å². The van der Waals surface area contributed by atoms with Crippen molar-refractivity contribution in [2.75, 3.05) is 6.16 Å². The molecule has 0 radical (unpaired) electrons. The second kappa shape index (κ2) is 17.2. The van der Waals surface area contributed by atoms with E-state index in [0.717, 1.165) is 18.8 Å². The van der Waals surface area contributed by atoms with E-state index in [1.165, 1.54) is 51.4 Å². The lowest BCUT2D eigenvalue weighted by Gasteiger charge is -2.06. The van der Waals surface area contributed by atoms with Crippen LogP contribution >= 0.6 is 7.60 Å². The molecule has 0 fully saturated rings. The predicted molar refractivity (Wildman–Crippen MR) is 105 cm³/mol. The van der Waals surface area contributed by atoms with E-state index in [2.05, 4.69) is 19.6 Å². The van der Waals surface area contributed by atoms with Gasteiger partial charge in [-0.05, 0) is 12.3 Å². The maximum Gasteiger partial charge on any atom is 0.328 e. The molecular weight excluding hydrogens is 373 g/mol. The molecule has 0 heterocycles. The molecule has 1 atom stereocenters. The SMILES string of the molecule is CC(C)CCCCCCCCCCCC(=O)O.NC(=O)C(O)CP(=O)(O)O. The largest absolute Gasteiger partial charge is 0.481 e. The smallest absolute Gasteiger partial charge is 0.328 e. The highest BCUT2D eigenvalue weighted by Gasteiger charge is 2.23. The molecule has 0 spiro atoms. The van der Waals surface area contributed by atoms with Crippen molar-refractivity contribution < 1.29 is 34.2 Å². The minimum Gasteiger partial charge on any atom is -0.481 e. The van der Waals surface area contributed by atoms with Gasteiger partial charge in [0.2, 0.25) is 5.91 Å². The molecular formula is C18H38NO7P. The normalized spacial score (nSPS) is 12.4. The number of carboxylic acids is 1. The van der Waals surface area contributed by atoms with Gasteiger partial charge in [-0.15, -0.1) is 0 Å². The molecule has 0 aromatic rings. The van der Waals surface area contributed by atoms with E-state index in [0.29, 0.717) is 6.42 Å². The number of unbranched alkanes of at least 4 members (excludes halogenated alkanes) is 8. The number of rotatable bonds is 15. The Balaban J connectivity index is 0. The lowest BCUT2D eigenvalue weighted by molar-refractivity contribution is -0.137. The Hall–Kier alpha value is -0.950. The number of aliphatic hydroxyl groups is 1. The van der Waals surface area contributed by atoms with Crippen LogP contribution in [0, 0.1) is 5.92 Å². The van der Waals surface area contributed by atoms with Crippen molar-refractivity contribution in [3.05, 3.63) is 0 Å². The van der Waals surface area contributed by atoms with Gasteiger partial charge in [-0.25, -0.2) is 0 Å². The van der Waals surface area contributed by atoms with Gasteiger partial charge >= 0.3 is 13.6 Å². The predicted octanol–water partition coefficient (Wildman–Crippen LogP) is 3.03. The Morgan fingerprint density at radius 3 is 1.59 bits per heavy atom. The fourth-order valence-corrected chi connectivity index (χ4v) is 3.01. The highest BCUT2D eigenvalue weighted by Crippen LogP contribution is 2.34. The average molecular weight is 411 g/mol. The number of carbonyl (C=O) groups is 2. The molecule has 0 saturated heterocycles. The number of aliphatic hydroxyl groups excluding tert-OH is 1. The Labute approximate surface area is 162 Å². The summed E-state index contributed by atoms with van der Waals surface area (Å²) in [6.45, 7) is 4.58. The minimum absolute atomic E-state index is 0.342. The highest BCUT2D eigenvalue weighted by atomic mass is 31.2. The zero-order chi connectivity index (χ0) is 21.3. The number of aliphatic carboxylic acids is 1. The second-order valence-electron chi connectivity index (χ2n) is 7.27. The molecule has 1 amide bonds. The first-order valence-electron chi connectivity index (χ1n) is 9.69. The summed E-state index contributed by atoms with van der Waals surface area (Å²) in [6, 6.07) is 0. The minimum atomic E-state index is -4.33. The maximum atomic E-state index is 10.3. The van der Waals surface area contributed by atoms with Crippen LogP contribution in [-0.4, -0.2) is 44.1 Å². The van der Waals surface area contributed by atoms with Crippen molar-refractivity contribution in [2.24, 2.45) is 11.7 Å². The van der Waals surface area contributed by atoms with Crippen LogP contribution in [0.1, 0.15) is 84.5 Å². The monoisotopic (exact) mass is 411 g/mol. The van der Waals surface area contributed by atoms with Gasteiger partial charge in [0.15, 0.2) is 0 Å². The number of primary amides is 1. The van der Waals surface area contributed by atoms with Crippen LogP contribution in [0.4, 0.5) is 0 Å². The molecule has 0 aliphatic rings. The maximum absolute atomic E-state index is 10.3. The van der Waals surface area contributed by atoms with Gasteiger partial charge in [0, 0.05) is 6.42 Å². The van der Waals surface area contributed by atoms with Crippen molar-refractivity contribution in [2.45, 2.75) is 90.6 Å². The fourth-order valence-electron chi connectivity index (χ4n) is 2.38. The van der Waals surface area contributed by atoms with Gasteiger partial charge in [0.05, 0.1) is 6.16 Å².